The highest BCUT2D eigenvalue weighted by atomic mass is 19.1. The number of likely N-dealkylation sites (tertiary alicyclic amines) is 1. The summed E-state index contributed by atoms with van der Waals surface area (Å²) in [5, 5.41) is 6.83. The van der Waals surface area contributed by atoms with E-state index in [1.165, 1.54) is 12.1 Å². The number of piperidine rings is 1. The summed E-state index contributed by atoms with van der Waals surface area (Å²) in [6, 6.07) is 6.80. The van der Waals surface area contributed by atoms with Crippen molar-refractivity contribution in [3.63, 3.8) is 0 Å². The molecule has 0 unspecified atom stereocenters. The van der Waals surface area contributed by atoms with Crippen LogP contribution >= 0.6 is 0 Å². The number of carbonyl (C=O) groups excluding carboxylic acids is 1. The van der Waals surface area contributed by atoms with Crippen molar-refractivity contribution < 1.29 is 9.18 Å². The molecule has 0 radical (unpaired) electrons. The Balaban J connectivity index is 1.52. The molecule has 2 heterocycles. The average Bonchev–Trinajstić information content (AvgIpc) is 2.35. The molecule has 0 aliphatic carbocycles. The first kappa shape index (κ1) is 17.2. The Morgan fingerprint density at radius 2 is 1.67 bits per heavy atom. The summed E-state index contributed by atoms with van der Waals surface area (Å²) in [4.78, 5) is 14.3. The largest absolute Gasteiger partial charge is 0.335 e. The number of rotatable bonds is 2. The maximum atomic E-state index is 13.0. The molecule has 0 saturated carbocycles. The SMILES string of the molecule is CC1(C)CC(NC(=O)N2CC(c3ccc(F)cc3)C2)CC(C)(C)N1. The molecule has 1 aromatic rings. The van der Waals surface area contributed by atoms with E-state index in [1.807, 2.05) is 17.0 Å². The second-order valence-corrected chi connectivity index (χ2v) is 8.60. The van der Waals surface area contributed by atoms with Crippen molar-refractivity contribution in [3.05, 3.63) is 35.6 Å². The summed E-state index contributed by atoms with van der Waals surface area (Å²) < 4.78 is 13.0. The van der Waals surface area contributed by atoms with Gasteiger partial charge in [0.05, 0.1) is 0 Å². The van der Waals surface area contributed by atoms with Crippen LogP contribution in [0.25, 0.3) is 0 Å². The molecule has 3 rings (SSSR count). The quantitative estimate of drug-likeness (QED) is 0.873. The third kappa shape index (κ3) is 3.89. The van der Waals surface area contributed by atoms with Crippen molar-refractivity contribution >= 4 is 6.03 Å². The van der Waals surface area contributed by atoms with Crippen LogP contribution in [0.15, 0.2) is 24.3 Å². The predicted octanol–water partition coefficient (Wildman–Crippen LogP) is 3.24. The minimum absolute atomic E-state index is 0.0191. The van der Waals surface area contributed by atoms with Gasteiger partial charge in [-0.05, 0) is 58.2 Å². The second kappa shape index (κ2) is 6.03. The summed E-state index contributed by atoms with van der Waals surface area (Å²) in [5.41, 5.74) is 1.14. The van der Waals surface area contributed by atoms with E-state index in [9.17, 15) is 9.18 Å². The Labute approximate surface area is 143 Å². The van der Waals surface area contributed by atoms with E-state index in [4.69, 9.17) is 0 Å². The zero-order valence-corrected chi connectivity index (χ0v) is 15.0. The van der Waals surface area contributed by atoms with Gasteiger partial charge in [0.1, 0.15) is 5.82 Å². The number of halogens is 1. The van der Waals surface area contributed by atoms with Gasteiger partial charge in [-0.2, -0.15) is 0 Å². The summed E-state index contributed by atoms with van der Waals surface area (Å²) in [7, 11) is 0. The smallest absolute Gasteiger partial charge is 0.317 e. The van der Waals surface area contributed by atoms with Gasteiger partial charge in [-0.25, -0.2) is 9.18 Å². The molecule has 2 N–H and O–H groups in total. The maximum Gasteiger partial charge on any atom is 0.317 e. The fourth-order valence-electron chi connectivity index (χ4n) is 4.28. The molecule has 2 saturated heterocycles. The van der Waals surface area contributed by atoms with Crippen molar-refractivity contribution in [1.82, 2.24) is 15.5 Å². The van der Waals surface area contributed by atoms with Crippen LogP contribution in [0.2, 0.25) is 0 Å². The first-order valence-electron chi connectivity index (χ1n) is 8.74. The lowest BCUT2D eigenvalue weighted by atomic mass is 9.79. The lowest BCUT2D eigenvalue weighted by Crippen LogP contribution is -2.64. The molecule has 2 fully saturated rings. The number of hydrogen-bond donors (Lipinski definition) is 2. The van der Waals surface area contributed by atoms with E-state index in [0.29, 0.717) is 19.0 Å². The Morgan fingerprint density at radius 3 is 2.21 bits per heavy atom. The van der Waals surface area contributed by atoms with Crippen LogP contribution in [0.3, 0.4) is 0 Å². The summed E-state index contributed by atoms with van der Waals surface area (Å²) in [6.45, 7) is 10.1. The molecule has 0 spiro atoms. The van der Waals surface area contributed by atoms with Crippen LogP contribution < -0.4 is 10.6 Å². The molecular formula is C19H28FN3O. The zero-order valence-electron chi connectivity index (χ0n) is 15.0. The molecule has 0 aromatic heterocycles. The highest BCUT2D eigenvalue weighted by molar-refractivity contribution is 5.75. The molecule has 0 bridgehead atoms. The van der Waals surface area contributed by atoms with Gasteiger partial charge < -0.3 is 15.5 Å². The zero-order chi connectivity index (χ0) is 17.5. The topological polar surface area (TPSA) is 44.4 Å². The van der Waals surface area contributed by atoms with Gasteiger partial charge in [0.2, 0.25) is 0 Å². The number of carbonyl (C=O) groups is 1. The number of nitrogens with one attached hydrogen (secondary N) is 2. The van der Waals surface area contributed by atoms with E-state index in [0.717, 1.165) is 18.4 Å². The Kier molecular flexibility index (Phi) is 4.32. The van der Waals surface area contributed by atoms with Gasteiger partial charge >= 0.3 is 6.03 Å². The van der Waals surface area contributed by atoms with Crippen molar-refractivity contribution in [2.75, 3.05) is 13.1 Å². The van der Waals surface area contributed by atoms with Crippen molar-refractivity contribution in [1.29, 1.82) is 0 Å². The summed E-state index contributed by atoms with van der Waals surface area (Å²) in [5.74, 6) is 0.0982. The molecule has 2 aliphatic rings. The lowest BCUT2D eigenvalue weighted by Gasteiger charge is -2.47. The third-order valence-corrected chi connectivity index (χ3v) is 5.03. The Morgan fingerprint density at radius 1 is 1.12 bits per heavy atom. The number of amides is 2. The van der Waals surface area contributed by atoms with Gasteiger partial charge in [0, 0.05) is 36.1 Å². The highest BCUT2D eigenvalue weighted by Gasteiger charge is 2.39. The van der Waals surface area contributed by atoms with Crippen molar-refractivity contribution in [3.8, 4) is 0 Å². The Hall–Kier alpha value is -1.62. The van der Waals surface area contributed by atoms with Gasteiger partial charge in [0.15, 0.2) is 0 Å². The summed E-state index contributed by atoms with van der Waals surface area (Å²) >= 11 is 0. The van der Waals surface area contributed by atoms with E-state index < -0.39 is 0 Å². The van der Waals surface area contributed by atoms with Gasteiger partial charge in [-0.1, -0.05) is 12.1 Å². The van der Waals surface area contributed by atoms with Crippen LogP contribution in [0.4, 0.5) is 9.18 Å². The first-order chi connectivity index (χ1) is 11.1. The molecule has 132 valence electrons. The molecule has 1 aromatic carbocycles. The number of hydrogen-bond acceptors (Lipinski definition) is 2. The molecule has 2 amide bonds. The highest BCUT2D eigenvalue weighted by Crippen LogP contribution is 2.30. The van der Waals surface area contributed by atoms with Crippen LogP contribution in [0.1, 0.15) is 52.0 Å². The van der Waals surface area contributed by atoms with E-state index in [2.05, 4.69) is 38.3 Å². The minimum Gasteiger partial charge on any atom is -0.335 e. The van der Waals surface area contributed by atoms with Crippen LogP contribution in [-0.4, -0.2) is 41.1 Å². The lowest BCUT2D eigenvalue weighted by molar-refractivity contribution is 0.122. The maximum absolute atomic E-state index is 13.0. The molecular weight excluding hydrogens is 305 g/mol. The van der Waals surface area contributed by atoms with Gasteiger partial charge in [-0.3, -0.25) is 0 Å². The fourth-order valence-corrected chi connectivity index (χ4v) is 4.28. The van der Waals surface area contributed by atoms with Gasteiger partial charge in [0.25, 0.3) is 0 Å². The first-order valence-corrected chi connectivity index (χ1v) is 8.74. The Bertz CT molecular complexity index is 590. The molecule has 5 heteroatoms. The standard InChI is InChI=1S/C19H28FN3O/c1-18(2)9-16(10-19(3,4)22-18)21-17(24)23-11-14(12-23)13-5-7-15(20)8-6-13/h5-8,14,16,22H,9-12H2,1-4H3,(H,21,24). The molecule has 24 heavy (non-hydrogen) atoms. The molecule has 0 atom stereocenters. The van der Waals surface area contributed by atoms with E-state index in [-0.39, 0.29) is 29.0 Å². The third-order valence-electron chi connectivity index (χ3n) is 5.03. The fraction of sp³-hybridized carbons (Fsp3) is 0.632. The van der Waals surface area contributed by atoms with E-state index >= 15 is 0 Å². The summed E-state index contributed by atoms with van der Waals surface area (Å²) in [6.07, 6.45) is 1.86. The van der Waals surface area contributed by atoms with Crippen molar-refractivity contribution in [2.45, 2.75) is 63.6 Å². The monoisotopic (exact) mass is 333 g/mol. The molecule has 4 nitrogen and oxygen atoms in total. The van der Waals surface area contributed by atoms with Crippen LogP contribution in [-0.2, 0) is 0 Å². The normalized spacial score (nSPS) is 23.6. The average molecular weight is 333 g/mol. The van der Waals surface area contributed by atoms with Crippen LogP contribution in [0, 0.1) is 5.82 Å². The van der Waals surface area contributed by atoms with Crippen molar-refractivity contribution in [2.24, 2.45) is 0 Å². The molecule has 2 aliphatic heterocycles. The second-order valence-electron chi connectivity index (χ2n) is 8.60. The minimum atomic E-state index is -0.219. The predicted molar refractivity (Wildman–Crippen MR) is 93.6 cm³/mol. The van der Waals surface area contributed by atoms with Gasteiger partial charge in [-0.15, -0.1) is 0 Å². The van der Waals surface area contributed by atoms with E-state index in [1.54, 1.807) is 0 Å². The number of benzene rings is 1. The van der Waals surface area contributed by atoms with Crippen LogP contribution in [0.5, 0.6) is 0 Å². The number of urea groups is 1. The number of nitrogens with zero attached hydrogens (tertiary/aromatic N) is 1.